The summed E-state index contributed by atoms with van der Waals surface area (Å²) in [4.78, 5) is 4.63. The molecule has 18 heavy (non-hydrogen) atoms. The average molecular weight is 244 g/mol. The molecular formula is C15H17FN2. The molecule has 1 aliphatic rings. The third-order valence-electron chi connectivity index (χ3n) is 3.63. The number of halogens is 1. The number of nitrogens with zero attached hydrogens (tertiary/aromatic N) is 2. The number of hydrogen-bond acceptors (Lipinski definition) is 1. The molecule has 0 amide bonds. The molecule has 0 bridgehead atoms. The van der Waals surface area contributed by atoms with Gasteiger partial charge in [-0.3, -0.25) is 0 Å². The van der Waals surface area contributed by atoms with Gasteiger partial charge in [-0.2, -0.15) is 0 Å². The Kier molecular flexibility index (Phi) is 2.90. The maximum atomic E-state index is 13.6. The van der Waals surface area contributed by atoms with Crippen molar-refractivity contribution in [2.75, 3.05) is 0 Å². The van der Waals surface area contributed by atoms with Crippen molar-refractivity contribution in [1.29, 1.82) is 0 Å². The van der Waals surface area contributed by atoms with Gasteiger partial charge >= 0.3 is 0 Å². The second kappa shape index (κ2) is 4.56. The summed E-state index contributed by atoms with van der Waals surface area (Å²) in [6.07, 6.45) is 4.91. The first kappa shape index (κ1) is 11.5. The fourth-order valence-corrected chi connectivity index (χ4v) is 2.57. The van der Waals surface area contributed by atoms with Crippen molar-refractivity contribution in [2.45, 2.75) is 32.7 Å². The standard InChI is InChI=1S/C15H17FN2/c1-11-6-7-18-10-13(17-15(18)8-11)9-12-4-2-3-5-14(12)16/h2-5,10-11H,6-9H2,1H3. The summed E-state index contributed by atoms with van der Waals surface area (Å²) in [5, 5.41) is 0. The van der Waals surface area contributed by atoms with Crippen LogP contribution in [0.25, 0.3) is 0 Å². The summed E-state index contributed by atoms with van der Waals surface area (Å²) in [5.41, 5.74) is 1.70. The second-order valence-electron chi connectivity index (χ2n) is 5.21. The van der Waals surface area contributed by atoms with E-state index in [-0.39, 0.29) is 5.82 Å². The highest BCUT2D eigenvalue weighted by atomic mass is 19.1. The second-order valence-corrected chi connectivity index (χ2v) is 5.21. The predicted molar refractivity (Wildman–Crippen MR) is 68.9 cm³/mol. The van der Waals surface area contributed by atoms with Crippen LogP contribution >= 0.6 is 0 Å². The zero-order valence-electron chi connectivity index (χ0n) is 10.6. The Bertz CT molecular complexity index is 559. The Labute approximate surface area is 106 Å². The molecule has 0 N–H and O–H groups in total. The van der Waals surface area contributed by atoms with Crippen molar-refractivity contribution in [3.8, 4) is 0 Å². The lowest BCUT2D eigenvalue weighted by Gasteiger charge is -2.18. The Balaban J connectivity index is 1.84. The zero-order chi connectivity index (χ0) is 12.5. The summed E-state index contributed by atoms with van der Waals surface area (Å²) in [7, 11) is 0. The van der Waals surface area contributed by atoms with Gasteiger partial charge in [0.25, 0.3) is 0 Å². The van der Waals surface area contributed by atoms with Gasteiger partial charge in [0.05, 0.1) is 5.69 Å². The molecule has 3 rings (SSSR count). The molecule has 2 aromatic rings. The predicted octanol–water partition coefficient (Wildman–Crippen LogP) is 3.20. The molecule has 1 aromatic heterocycles. The van der Waals surface area contributed by atoms with Crippen molar-refractivity contribution in [1.82, 2.24) is 9.55 Å². The summed E-state index contributed by atoms with van der Waals surface area (Å²) in [6, 6.07) is 6.93. The molecule has 94 valence electrons. The third kappa shape index (κ3) is 2.17. The Morgan fingerprint density at radius 3 is 3.06 bits per heavy atom. The lowest BCUT2D eigenvalue weighted by atomic mass is 10.0. The third-order valence-corrected chi connectivity index (χ3v) is 3.63. The van der Waals surface area contributed by atoms with Crippen LogP contribution in [0.4, 0.5) is 4.39 Å². The molecule has 1 atom stereocenters. The van der Waals surface area contributed by atoms with Gasteiger partial charge in [0.2, 0.25) is 0 Å². The number of hydrogen-bond donors (Lipinski definition) is 0. The van der Waals surface area contributed by atoms with E-state index in [9.17, 15) is 4.39 Å². The van der Waals surface area contributed by atoms with Gasteiger partial charge in [-0.1, -0.05) is 25.1 Å². The van der Waals surface area contributed by atoms with Gasteiger partial charge in [0.1, 0.15) is 11.6 Å². The number of benzene rings is 1. The monoisotopic (exact) mass is 244 g/mol. The van der Waals surface area contributed by atoms with Crippen LogP contribution in [0.5, 0.6) is 0 Å². The van der Waals surface area contributed by atoms with Gasteiger partial charge in [-0.05, 0) is 24.0 Å². The zero-order valence-corrected chi connectivity index (χ0v) is 10.6. The van der Waals surface area contributed by atoms with E-state index in [1.807, 2.05) is 12.1 Å². The van der Waals surface area contributed by atoms with Crippen LogP contribution in [0, 0.1) is 11.7 Å². The van der Waals surface area contributed by atoms with Crippen LogP contribution in [-0.2, 0) is 19.4 Å². The van der Waals surface area contributed by atoms with Crippen LogP contribution in [0.1, 0.15) is 30.4 Å². The van der Waals surface area contributed by atoms with Crippen molar-refractivity contribution in [3.05, 3.63) is 53.4 Å². The Hall–Kier alpha value is -1.64. The SMILES string of the molecule is CC1CCn2cc(Cc3ccccc3F)nc2C1. The van der Waals surface area contributed by atoms with E-state index in [4.69, 9.17) is 0 Å². The van der Waals surface area contributed by atoms with Crippen LogP contribution in [0.2, 0.25) is 0 Å². The smallest absolute Gasteiger partial charge is 0.126 e. The Morgan fingerprint density at radius 2 is 2.22 bits per heavy atom. The highest BCUT2D eigenvalue weighted by Gasteiger charge is 2.17. The fraction of sp³-hybridized carbons (Fsp3) is 0.400. The van der Waals surface area contributed by atoms with Gasteiger partial charge in [0, 0.05) is 25.6 Å². The lowest BCUT2D eigenvalue weighted by Crippen LogP contribution is -2.16. The van der Waals surface area contributed by atoms with E-state index in [1.165, 1.54) is 12.5 Å². The molecule has 2 nitrogen and oxygen atoms in total. The lowest BCUT2D eigenvalue weighted by molar-refractivity contribution is 0.409. The largest absolute Gasteiger partial charge is 0.335 e. The van der Waals surface area contributed by atoms with E-state index in [0.29, 0.717) is 12.3 Å². The molecule has 0 aliphatic carbocycles. The molecule has 0 saturated carbocycles. The van der Waals surface area contributed by atoms with Gasteiger partial charge in [-0.25, -0.2) is 9.37 Å². The highest BCUT2D eigenvalue weighted by Crippen LogP contribution is 2.21. The van der Waals surface area contributed by atoms with Gasteiger partial charge in [-0.15, -0.1) is 0 Å². The number of fused-ring (bicyclic) bond motifs is 1. The van der Waals surface area contributed by atoms with Crippen LogP contribution in [-0.4, -0.2) is 9.55 Å². The number of rotatable bonds is 2. The van der Waals surface area contributed by atoms with Crippen LogP contribution < -0.4 is 0 Å². The van der Waals surface area contributed by atoms with E-state index in [2.05, 4.69) is 22.7 Å². The van der Waals surface area contributed by atoms with E-state index >= 15 is 0 Å². The Morgan fingerprint density at radius 1 is 1.39 bits per heavy atom. The molecule has 1 unspecified atom stereocenters. The first-order chi connectivity index (χ1) is 8.72. The van der Waals surface area contributed by atoms with E-state index in [1.54, 1.807) is 6.07 Å². The minimum atomic E-state index is -0.142. The molecular weight excluding hydrogens is 227 g/mol. The first-order valence-corrected chi connectivity index (χ1v) is 6.50. The number of imidazole rings is 1. The molecule has 1 aromatic carbocycles. The summed E-state index contributed by atoms with van der Waals surface area (Å²) >= 11 is 0. The van der Waals surface area contributed by atoms with Crippen LogP contribution in [0.15, 0.2) is 30.5 Å². The first-order valence-electron chi connectivity index (χ1n) is 6.50. The minimum Gasteiger partial charge on any atom is -0.335 e. The molecule has 0 saturated heterocycles. The van der Waals surface area contributed by atoms with Crippen molar-refractivity contribution in [2.24, 2.45) is 5.92 Å². The fourth-order valence-electron chi connectivity index (χ4n) is 2.57. The quantitative estimate of drug-likeness (QED) is 0.793. The molecule has 2 heterocycles. The maximum absolute atomic E-state index is 13.6. The van der Waals surface area contributed by atoms with Gasteiger partial charge in [0.15, 0.2) is 0 Å². The van der Waals surface area contributed by atoms with E-state index < -0.39 is 0 Å². The summed E-state index contributed by atoms with van der Waals surface area (Å²) in [5.74, 6) is 1.72. The molecule has 1 aliphatic heterocycles. The average Bonchev–Trinajstić information content (AvgIpc) is 2.73. The number of aryl methyl sites for hydroxylation is 1. The molecule has 0 spiro atoms. The van der Waals surface area contributed by atoms with E-state index in [0.717, 1.165) is 30.0 Å². The van der Waals surface area contributed by atoms with Crippen molar-refractivity contribution in [3.63, 3.8) is 0 Å². The minimum absolute atomic E-state index is 0.142. The maximum Gasteiger partial charge on any atom is 0.126 e. The molecule has 0 fully saturated rings. The van der Waals surface area contributed by atoms with Crippen LogP contribution in [0.3, 0.4) is 0 Å². The van der Waals surface area contributed by atoms with Crippen molar-refractivity contribution < 1.29 is 4.39 Å². The number of aromatic nitrogens is 2. The normalized spacial score (nSPS) is 18.7. The molecule has 3 heteroatoms. The summed E-state index contributed by atoms with van der Waals surface area (Å²) in [6.45, 7) is 3.30. The topological polar surface area (TPSA) is 17.8 Å². The highest BCUT2D eigenvalue weighted by molar-refractivity contribution is 5.23. The van der Waals surface area contributed by atoms with Gasteiger partial charge < -0.3 is 4.57 Å². The summed E-state index contributed by atoms with van der Waals surface area (Å²) < 4.78 is 15.8. The molecule has 0 radical (unpaired) electrons. The van der Waals surface area contributed by atoms with Crippen molar-refractivity contribution >= 4 is 0 Å².